The molecule has 3 nitrogen and oxygen atoms in total. The smallest absolute Gasteiger partial charge is 0.173 e. The van der Waals surface area contributed by atoms with E-state index in [1.54, 1.807) is 18.4 Å². The van der Waals surface area contributed by atoms with Crippen LogP contribution in [0.5, 0.6) is 5.06 Å². The van der Waals surface area contributed by atoms with Crippen LogP contribution in [0.25, 0.3) is 0 Å². The maximum Gasteiger partial charge on any atom is 0.173 e. The minimum absolute atomic E-state index is 0.271. The van der Waals surface area contributed by atoms with Crippen LogP contribution in [0.3, 0.4) is 0 Å². The van der Waals surface area contributed by atoms with E-state index in [2.05, 4.69) is 5.32 Å². The summed E-state index contributed by atoms with van der Waals surface area (Å²) in [6.07, 6.45) is -0.271. The molecule has 1 unspecified atom stereocenters. The average Bonchev–Trinajstić information content (AvgIpc) is 2.65. The lowest BCUT2D eigenvalue weighted by Gasteiger charge is -2.14. The summed E-state index contributed by atoms with van der Waals surface area (Å²) in [5, 5.41) is 13.7. The molecular weight excluding hydrogens is 210 g/mol. The molecule has 0 aromatic carbocycles. The molecule has 15 heavy (non-hydrogen) atoms. The molecule has 0 radical (unpaired) electrons. The number of nitrogens with one attached hydrogen (secondary N) is 1. The monoisotopic (exact) mass is 229 g/mol. The summed E-state index contributed by atoms with van der Waals surface area (Å²) in [6.45, 7) is 5.46. The summed E-state index contributed by atoms with van der Waals surface area (Å²) in [5.74, 6) is 0.301. The summed E-state index contributed by atoms with van der Waals surface area (Å²) in [4.78, 5) is 1.22. The Hall–Kier alpha value is -0.580. The van der Waals surface area contributed by atoms with Gasteiger partial charge in [0.15, 0.2) is 5.06 Å². The van der Waals surface area contributed by atoms with E-state index in [0.717, 1.165) is 11.6 Å². The molecule has 0 fully saturated rings. The highest BCUT2D eigenvalue weighted by Crippen LogP contribution is 2.23. The lowest BCUT2D eigenvalue weighted by Crippen LogP contribution is -2.29. The quantitative estimate of drug-likeness (QED) is 0.782. The summed E-state index contributed by atoms with van der Waals surface area (Å²) in [6, 6.07) is 4.00. The van der Waals surface area contributed by atoms with Crippen molar-refractivity contribution < 1.29 is 9.84 Å². The molecule has 0 saturated heterocycles. The van der Waals surface area contributed by atoms with E-state index in [4.69, 9.17) is 4.74 Å². The van der Waals surface area contributed by atoms with Gasteiger partial charge in [-0.2, -0.15) is 0 Å². The first-order valence-corrected chi connectivity index (χ1v) is 5.96. The van der Waals surface area contributed by atoms with Gasteiger partial charge in [-0.25, -0.2) is 0 Å². The van der Waals surface area contributed by atoms with Crippen molar-refractivity contribution in [2.75, 3.05) is 13.7 Å². The van der Waals surface area contributed by atoms with Crippen molar-refractivity contribution in [1.82, 2.24) is 5.32 Å². The molecule has 0 aliphatic carbocycles. The number of thiophene rings is 1. The summed E-state index contributed by atoms with van der Waals surface area (Å²) >= 11 is 1.63. The fourth-order valence-corrected chi connectivity index (χ4v) is 1.93. The van der Waals surface area contributed by atoms with Crippen molar-refractivity contribution in [3.05, 3.63) is 17.0 Å². The SMILES string of the molecule is COc1ccc(CNCC(O)C(C)C)s1. The van der Waals surface area contributed by atoms with Crippen LogP contribution in [0.2, 0.25) is 0 Å². The number of hydrogen-bond donors (Lipinski definition) is 2. The molecule has 2 N–H and O–H groups in total. The second-order valence-corrected chi connectivity index (χ2v) is 5.00. The Bertz CT molecular complexity index is 286. The van der Waals surface area contributed by atoms with Gasteiger partial charge in [0.2, 0.25) is 0 Å². The Morgan fingerprint density at radius 2 is 2.20 bits per heavy atom. The van der Waals surface area contributed by atoms with Crippen LogP contribution in [0.15, 0.2) is 12.1 Å². The molecule has 1 aromatic heterocycles. The zero-order valence-corrected chi connectivity index (χ0v) is 10.3. The Morgan fingerprint density at radius 1 is 1.47 bits per heavy atom. The van der Waals surface area contributed by atoms with Gasteiger partial charge in [0, 0.05) is 18.0 Å². The third-order valence-corrected chi connectivity index (χ3v) is 3.31. The maximum atomic E-state index is 9.57. The normalized spacial score (nSPS) is 13.1. The largest absolute Gasteiger partial charge is 0.487 e. The van der Waals surface area contributed by atoms with Crippen LogP contribution in [-0.4, -0.2) is 24.9 Å². The Kier molecular flexibility index (Phi) is 5.08. The van der Waals surface area contributed by atoms with Gasteiger partial charge in [-0.3, -0.25) is 0 Å². The molecule has 1 atom stereocenters. The van der Waals surface area contributed by atoms with E-state index in [9.17, 15) is 5.11 Å². The van der Waals surface area contributed by atoms with Crippen molar-refractivity contribution in [2.24, 2.45) is 5.92 Å². The van der Waals surface area contributed by atoms with Crippen LogP contribution >= 0.6 is 11.3 Å². The zero-order chi connectivity index (χ0) is 11.3. The molecule has 1 rings (SSSR count). The molecular formula is C11H19NO2S. The highest BCUT2D eigenvalue weighted by atomic mass is 32.1. The molecule has 1 heterocycles. The molecule has 0 amide bonds. The van der Waals surface area contributed by atoms with Gasteiger partial charge >= 0.3 is 0 Å². The highest BCUT2D eigenvalue weighted by molar-refractivity contribution is 7.13. The third-order valence-electron chi connectivity index (χ3n) is 2.26. The number of aliphatic hydroxyl groups is 1. The van der Waals surface area contributed by atoms with Crippen molar-refractivity contribution in [1.29, 1.82) is 0 Å². The average molecular weight is 229 g/mol. The minimum Gasteiger partial charge on any atom is -0.487 e. The van der Waals surface area contributed by atoms with Crippen molar-refractivity contribution in [2.45, 2.75) is 26.5 Å². The van der Waals surface area contributed by atoms with E-state index >= 15 is 0 Å². The van der Waals surface area contributed by atoms with Gasteiger partial charge in [-0.15, -0.1) is 11.3 Å². The Labute approximate surface area is 95.1 Å². The predicted octanol–water partition coefficient (Wildman–Crippen LogP) is 1.86. The van der Waals surface area contributed by atoms with E-state index < -0.39 is 0 Å². The lowest BCUT2D eigenvalue weighted by molar-refractivity contribution is 0.123. The predicted molar refractivity (Wildman–Crippen MR) is 63.4 cm³/mol. The molecule has 0 spiro atoms. The molecule has 1 aromatic rings. The van der Waals surface area contributed by atoms with Crippen LogP contribution in [0, 0.1) is 5.92 Å². The van der Waals surface area contributed by atoms with Crippen LogP contribution in [0.4, 0.5) is 0 Å². The first-order valence-electron chi connectivity index (χ1n) is 5.15. The molecule has 0 saturated carbocycles. The van der Waals surface area contributed by atoms with E-state index in [1.165, 1.54) is 4.88 Å². The second-order valence-electron chi connectivity index (χ2n) is 3.87. The first-order chi connectivity index (χ1) is 7.13. The van der Waals surface area contributed by atoms with Crippen LogP contribution < -0.4 is 10.1 Å². The summed E-state index contributed by atoms with van der Waals surface area (Å²) < 4.78 is 5.10. The second kappa shape index (κ2) is 6.10. The van der Waals surface area contributed by atoms with E-state index in [-0.39, 0.29) is 6.10 Å². The van der Waals surface area contributed by atoms with Crippen molar-refractivity contribution >= 4 is 11.3 Å². The molecule has 0 aliphatic rings. The number of hydrogen-bond acceptors (Lipinski definition) is 4. The number of rotatable bonds is 6. The lowest BCUT2D eigenvalue weighted by atomic mass is 10.1. The number of aliphatic hydroxyl groups excluding tert-OH is 1. The summed E-state index contributed by atoms with van der Waals surface area (Å²) in [7, 11) is 1.67. The van der Waals surface area contributed by atoms with Gasteiger partial charge in [0.05, 0.1) is 13.2 Å². The van der Waals surface area contributed by atoms with Gasteiger partial charge in [-0.05, 0) is 18.1 Å². The van der Waals surface area contributed by atoms with Crippen molar-refractivity contribution in [3.63, 3.8) is 0 Å². The fourth-order valence-electron chi connectivity index (χ4n) is 1.14. The zero-order valence-electron chi connectivity index (χ0n) is 9.49. The molecule has 86 valence electrons. The van der Waals surface area contributed by atoms with E-state index in [0.29, 0.717) is 12.5 Å². The van der Waals surface area contributed by atoms with Gasteiger partial charge in [0.25, 0.3) is 0 Å². The molecule has 0 bridgehead atoms. The Morgan fingerprint density at radius 3 is 2.73 bits per heavy atom. The van der Waals surface area contributed by atoms with Crippen LogP contribution in [0.1, 0.15) is 18.7 Å². The Balaban J connectivity index is 2.25. The van der Waals surface area contributed by atoms with Gasteiger partial charge in [0.1, 0.15) is 0 Å². The molecule has 4 heteroatoms. The number of ether oxygens (including phenoxy) is 1. The topological polar surface area (TPSA) is 41.5 Å². The van der Waals surface area contributed by atoms with Gasteiger partial charge < -0.3 is 15.2 Å². The molecule has 0 aliphatic heterocycles. The standard InChI is InChI=1S/C11H19NO2S/c1-8(2)10(13)7-12-6-9-4-5-11(14-3)15-9/h4-5,8,10,12-13H,6-7H2,1-3H3. The van der Waals surface area contributed by atoms with Gasteiger partial charge in [-0.1, -0.05) is 13.8 Å². The maximum absolute atomic E-state index is 9.57. The third kappa shape index (κ3) is 4.20. The van der Waals surface area contributed by atoms with E-state index in [1.807, 2.05) is 26.0 Å². The van der Waals surface area contributed by atoms with Crippen LogP contribution in [-0.2, 0) is 6.54 Å². The minimum atomic E-state index is -0.271. The first kappa shape index (κ1) is 12.5. The number of methoxy groups -OCH3 is 1. The van der Waals surface area contributed by atoms with Crippen molar-refractivity contribution in [3.8, 4) is 5.06 Å². The fraction of sp³-hybridized carbons (Fsp3) is 0.636. The highest BCUT2D eigenvalue weighted by Gasteiger charge is 2.08. The summed E-state index contributed by atoms with van der Waals surface area (Å²) in [5.41, 5.74) is 0.